The minimum atomic E-state index is -0.0400. The fourth-order valence-electron chi connectivity index (χ4n) is 1.46. The molecule has 0 atom stereocenters. The van der Waals surface area contributed by atoms with Gasteiger partial charge < -0.3 is 10.6 Å². The number of para-hydroxylation sites is 1. The standard InChI is InChI=1S/C11H16N2O/c1-3-13(11(14)8-12)10-7-5-4-6-9(10)2/h4-7H,3,8,12H2,1-2H3. The van der Waals surface area contributed by atoms with E-state index in [4.69, 9.17) is 5.73 Å². The topological polar surface area (TPSA) is 46.3 Å². The average Bonchev–Trinajstić information content (AvgIpc) is 2.21. The number of hydrogen-bond donors (Lipinski definition) is 1. The van der Waals surface area contributed by atoms with Gasteiger partial charge in [-0.2, -0.15) is 0 Å². The third kappa shape index (κ3) is 2.12. The Bertz CT molecular complexity index is 323. The number of carbonyl (C=O) groups is 1. The molecule has 3 nitrogen and oxygen atoms in total. The molecule has 0 aliphatic heterocycles. The van der Waals surface area contributed by atoms with Crippen LogP contribution in [0.3, 0.4) is 0 Å². The van der Waals surface area contributed by atoms with E-state index in [-0.39, 0.29) is 12.5 Å². The molecule has 0 aliphatic carbocycles. The summed E-state index contributed by atoms with van der Waals surface area (Å²) in [6, 6.07) is 7.81. The molecule has 0 radical (unpaired) electrons. The first-order chi connectivity index (χ1) is 6.70. The summed E-state index contributed by atoms with van der Waals surface area (Å²) in [6.07, 6.45) is 0. The first-order valence-electron chi connectivity index (χ1n) is 4.76. The summed E-state index contributed by atoms with van der Waals surface area (Å²) in [7, 11) is 0. The van der Waals surface area contributed by atoms with E-state index >= 15 is 0 Å². The van der Waals surface area contributed by atoms with Crippen LogP contribution in [0, 0.1) is 6.92 Å². The summed E-state index contributed by atoms with van der Waals surface area (Å²) in [6.45, 7) is 4.64. The number of anilines is 1. The van der Waals surface area contributed by atoms with Crippen LogP contribution in [0.4, 0.5) is 5.69 Å². The molecular weight excluding hydrogens is 176 g/mol. The molecule has 1 aromatic rings. The monoisotopic (exact) mass is 192 g/mol. The predicted octanol–water partition coefficient (Wildman–Crippen LogP) is 1.31. The van der Waals surface area contributed by atoms with Crippen molar-refractivity contribution in [3.63, 3.8) is 0 Å². The third-order valence-corrected chi connectivity index (χ3v) is 2.20. The molecule has 0 saturated carbocycles. The number of hydrogen-bond acceptors (Lipinski definition) is 2. The lowest BCUT2D eigenvalue weighted by Crippen LogP contribution is -2.36. The molecule has 1 rings (SSSR count). The van der Waals surface area contributed by atoms with Gasteiger partial charge in [-0.3, -0.25) is 4.79 Å². The second-order valence-corrected chi connectivity index (χ2v) is 3.13. The van der Waals surface area contributed by atoms with Crippen LogP contribution >= 0.6 is 0 Å². The number of benzene rings is 1. The number of likely N-dealkylation sites (N-methyl/N-ethyl adjacent to an activating group) is 1. The largest absolute Gasteiger partial charge is 0.322 e. The minimum absolute atomic E-state index is 0.0400. The lowest BCUT2D eigenvalue weighted by atomic mass is 10.2. The Labute approximate surface area is 84.5 Å². The van der Waals surface area contributed by atoms with Crippen molar-refractivity contribution >= 4 is 11.6 Å². The highest BCUT2D eigenvalue weighted by atomic mass is 16.2. The molecule has 0 aromatic heterocycles. The zero-order valence-electron chi connectivity index (χ0n) is 8.66. The maximum Gasteiger partial charge on any atom is 0.240 e. The fraction of sp³-hybridized carbons (Fsp3) is 0.364. The zero-order chi connectivity index (χ0) is 10.6. The molecule has 0 saturated heterocycles. The molecule has 0 fully saturated rings. The summed E-state index contributed by atoms with van der Waals surface area (Å²) in [4.78, 5) is 13.2. The van der Waals surface area contributed by atoms with Crippen LogP contribution < -0.4 is 10.6 Å². The van der Waals surface area contributed by atoms with Crippen molar-refractivity contribution in [2.24, 2.45) is 5.73 Å². The molecule has 0 spiro atoms. The second kappa shape index (κ2) is 4.77. The molecule has 1 aromatic carbocycles. The van der Waals surface area contributed by atoms with E-state index in [0.29, 0.717) is 6.54 Å². The van der Waals surface area contributed by atoms with E-state index in [1.807, 2.05) is 38.1 Å². The number of nitrogens with two attached hydrogens (primary N) is 1. The van der Waals surface area contributed by atoms with Gasteiger partial charge in [0, 0.05) is 12.2 Å². The summed E-state index contributed by atoms with van der Waals surface area (Å²) in [5, 5.41) is 0. The molecule has 0 aliphatic rings. The lowest BCUT2D eigenvalue weighted by molar-refractivity contribution is -0.117. The van der Waals surface area contributed by atoms with Crippen molar-refractivity contribution in [2.45, 2.75) is 13.8 Å². The Hall–Kier alpha value is -1.35. The molecule has 14 heavy (non-hydrogen) atoms. The summed E-state index contributed by atoms with van der Waals surface area (Å²) in [5.41, 5.74) is 7.39. The van der Waals surface area contributed by atoms with Gasteiger partial charge in [0.1, 0.15) is 0 Å². The van der Waals surface area contributed by atoms with Gasteiger partial charge in [-0.05, 0) is 25.5 Å². The fourth-order valence-corrected chi connectivity index (χ4v) is 1.46. The van der Waals surface area contributed by atoms with E-state index in [0.717, 1.165) is 11.3 Å². The van der Waals surface area contributed by atoms with Crippen LogP contribution in [-0.4, -0.2) is 19.0 Å². The average molecular weight is 192 g/mol. The van der Waals surface area contributed by atoms with Crippen molar-refractivity contribution in [1.82, 2.24) is 0 Å². The SMILES string of the molecule is CCN(C(=O)CN)c1ccccc1C. The molecule has 0 heterocycles. The first-order valence-corrected chi connectivity index (χ1v) is 4.76. The summed E-state index contributed by atoms with van der Waals surface area (Å²) >= 11 is 0. The van der Waals surface area contributed by atoms with E-state index in [9.17, 15) is 4.79 Å². The van der Waals surface area contributed by atoms with Crippen molar-refractivity contribution in [3.05, 3.63) is 29.8 Å². The number of rotatable bonds is 3. The smallest absolute Gasteiger partial charge is 0.240 e. The Morgan fingerprint density at radius 3 is 2.57 bits per heavy atom. The summed E-state index contributed by atoms with van der Waals surface area (Å²) in [5.74, 6) is -0.0400. The van der Waals surface area contributed by atoms with E-state index in [2.05, 4.69) is 0 Å². The van der Waals surface area contributed by atoms with Crippen molar-refractivity contribution in [3.8, 4) is 0 Å². The Kier molecular flexibility index (Phi) is 3.65. The third-order valence-electron chi connectivity index (χ3n) is 2.20. The number of carbonyl (C=O) groups excluding carboxylic acids is 1. The van der Waals surface area contributed by atoms with Crippen molar-refractivity contribution in [1.29, 1.82) is 0 Å². The number of aryl methyl sites for hydroxylation is 1. The van der Waals surface area contributed by atoms with Gasteiger partial charge in [0.25, 0.3) is 0 Å². The van der Waals surface area contributed by atoms with Crippen LogP contribution in [0.1, 0.15) is 12.5 Å². The van der Waals surface area contributed by atoms with Gasteiger partial charge in [-0.15, -0.1) is 0 Å². The Morgan fingerprint density at radius 1 is 1.43 bits per heavy atom. The number of amides is 1. The van der Waals surface area contributed by atoms with Crippen LogP contribution in [-0.2, 0) is 4.79 Å². The molecule has 0 unspecified atom stereocenters. The van der Waals surface area contributed by atoms with Gasteiger partial charge in [0.15, 0.2) is 0 Å². The van der Waals surface area contributed by atoms with Crippen molar-refractivity contribution < 1.29 is 4.79 Å². The van der Waals surface area contributed by atoms with E-state index in [1.54, 1.807) is 4.90 Å². The molecule has 0 bridgehead atoms. The molecule has 2 N–H and O–H groups in total. The van der Waals surface area contributed by atoms with Gasteiger partial charge >= 0.3 is 0 Å². The Morgan fingerprint density at radius 2 is 2.07 bits per heavy atom. The molecule has 3 heteroatoms. The van der Waals surface area contributed by atoms with Gasteiger partial charge in [0.05, 0.1) is 6.54 Å². The van der Waals surface area contributed by atoms with Crippen LogP contribution in [0.25, 0.3) is 0 Å². The highest BCUT2D eigenvalue weighted by Gasteiger charge is 2.12. The number of nitrogens with zero attached hydrogens (tertiary/aromatic N) is 1. The normalized spacial score (nSPS) is 9.93. The van der Waals surface area contributed by atoms with Crippen LogP contribution in [0.15, 0.2) is 24.3 Å². The molecule has 76 valence electrons. The predicted molar refractivity (Wildman–Crippen MR) is 58.3 cm³/mol. The highest BCUT2D eigenvalue weighted by molar-refractivity contribution is 5.95. The summed E-state index contributed by atoms with van der Waals surface area (Å²) < 4.78 is 0. The quantitative estimate of drug-likeness (QED) is 0.784. The molecule has 1 amide bonds. The maximum atomic E-state index is 11.5. The molecular formula is C11H16N2O. The van der Waals surface area contributed by atoms with Crippen LogP contribution in [0.5, 0.6) is 0 Å². The van der Waals surface area contributed by atoms with Crippen LogP contribution in [0.2, 0.25) is 0 Å². The van der Waals surface area contributed by atoms with Gasteiger partial charge in [-0.25, -0.2) is 0 Å². The highest BCUT2D eigenvalue weighted by Crippen LogP contribution is 2.18. The van der Waals surface area contributed by atoms with Crippen molar-refractivity contribution in [2.75, 3.05) is 18.0 Å². The Balaban J connectivity index is 3.01. The second-order valence-electron chi connectivity index (χ2n) is 3.13. The van der Waals surface area contributed by atoms with E-state index in [1.165, 1.54) is 0 Å². The first kappa shape index (κ1) is 10.7. The minimum Gasteiger partial charge on any atom is -0.322 e. The zero-order valence-corrected chi connectivity index (χ0v) is 8.66. The lowest BCUT2D eigenvalue weighted by Gasteiger charge is -2.22. The van der Waals surface area contributed by atoms with Gasteiger partial charge in [0.2, 0.25) is 5.91 Å². The maximum absolute atomic E-state index is 11.5. The van der Waals surface area contributed by atoms with E-state index < -0.39 is 0 Å². The van der Waals surface area contributed by atoms with Gasteiger partial charge in [-0.1, -0.05) is 18.2 Å².